The Labute approximate surface area is 180 Å². The van der Waals surface area contributed by atoms with Crippen molar-refractivity contribution in [3.8, 4) is 5.69 Å². The summed E-state index contributed by atoms with van der Waals surface area (Å²) in [5, 5.41) is 8.08. The number of hydrogen-bond donors (Lipinski definition) is 0. The molecule has 0 aliphatic carbocycles. The first kappa shape index (κ1) is 20.4. The zero-order chi connectivity index (χ0) is 21.1. The van der Waals surface area contributed by atoms with E-state index in [-0.39, 0.29) is 0 Å². The molecule has 6 heteroatoms. The SMILES string of the molecule is CCN(CC)CCOC(=O)c1nn(-c2ccccc2)c2c1ccc1cc(Cl)ccc12. The summed E-state index contributed by atoms with van der Waals surface area (Å²) in [6, 6.07) is 19.4. The second kappa shape index (κ2) is 8.86. The van der Waals surface area contributed by atoms with Gasteiger partial charge in [-0.05, 0) is 48.8 Å². The van der Waals surface area contributed by atoms with Gasteiger partial charge in [0, 0.05) is 22.3 Å². The van der Waals surface area contributed by atoms with Crippen molar-refractivity contribution in [2.75, 3.05) is 26.2 Å². The molecule has 0 aliphatic rings. The van der Waals surface area contributed by atoms with Gasteiger partial charge in [0.05, 0.1) is 11.2 Å². The average molecular weight is 422 g/mol. The molecular weight excluding hydrogens is 398 g/mol. The molecule has 1 heterocycles. The quantitative estimate of drug-likeness (QED) is 0.378. The Kier molecular flexibility index (Phi) is 6.02. The van der Waals surface area contributed by atoms with Crippen molar-refractivity contribution in [1.82, 2.24) is 14.7 Å². The summed E-state index contributed by atoms with van der Waals surface area (Å²) < 4.78 is 7.39. The maximum absolute atomic E-state index is 12.9. The number of rotatable bonds is 7. The zero-order valence-corrected chi connectivity index (χ0v) is 17.9. The lowest BCUT2D eigenvalue weighted by atomic mass is 10.1. The molecule has 0 saturated carbocycles. The first-order valence-corrected chi connectivity index (χ1v) is 10.6. The van der Waals surface area contributed by atoms with Crippen LogP contribution in [0.1, 0.15) is 24.3 Å². The van der Waals surface area contributed by atoms with Gasteiger partial charge in [-0.15, -0.1) is 0 Å². The Hall–Kier alpha value is -2.89. The molecule has 30 heavy (non-hydrogen) atoms. The molecule has 1 aromatic heterocycles. The van der Waals surface area contributed by atoms with Crippen LogP contribution < -0.4 is 0 Å². The number of fused-ring (bicyclic) bond motifs is 3. The highest BCUT2D eigenvalue weighted by Gasteiger charge is 2.21. The molecule has 154 valence electrons. The van der Waals surface area contributed by atoms with Crippen LogP contribution in [-0.2, 0) is 4.74 Å². The number of esters is 1. The maximum atomic E-state index is 12.9. The molecule has 3 aromatic carbocycles. The van der Waals surface area contributed by atoms with Gasteiger partial charge in [-0.1, -0.05) is 55.8 Å². The highest BCUT2D eigenvalue weighted by atomic mass is 35.5. The van der Waals surface area contributed by atoms with Crippen LogP contribution in [0.4, 0.5) is 0 Å². The first-order chi connectivity index (χ1) is 14.6. The number of carbonyl (C=O) groups excluding carboxylic acids is 1. The number of ether oxygens (including phenoxy) is 1. The molecule has 0 atom stereocenters. The molecule has 0 fully saturated rings. The van der Waals surface area contributed by atoms with Crippen molar-refractivity contribution in [2.24, 2.45) is 0 Å². The summed E-state index contributed by atoms with van der Waals surface area (Å²) >= 11 is 6.19. The van der Waals surface area contributed by atoms with Crippen molar-refractivity contribution in [3.63, 3.8) is 0 Å². The summed E-state index contributed by atoms with van der Waals surface area (Å²) in [5.74, 6) is -0.407. The van der Waals surface area contributed by atoms with Gasteiger partial charge in [0.2, 0.25) is 0 Å². The Balaban J connectivity index is 1.79. The third kappa shape index (κ3) is 3.91. The summed E-state index contributed by atoms with van der Waals surface area (Å²) in [6.45, 7) is 7.08. The first-order valence-electron chi connectivity index (χ1n) is 10.2. The third-order valence-electron chi connectivity index (χ3n) is 5.35. The zero-order valence-electron chi connectivity index (χ0n) is 17.1. The highest BCUT2D eigenvalue weighted by molar-refractivity contribution is 6.31. The molecule has 4 aromatic rings. The lowest BCUT2D eigenvalue weighted by molar-refractivity contribution is 0.0461. The fraction of sp³-hybridized carbons (Fsp3) is 0.250. The average Bonchev–Trinajstić information content (AvgIpc) is 3.17. The number of nitrogens with zero attached hydrogens (tertiary/aromatic N) is 3. The molecule has 0 bridgehead atoms. The van der Waals surface area contributed by atoms with E-state index in [1.165, 1.54) is 0 Å². The van der Waals surface area contributed by atoms with Gasteiger partial charge in [0.25, 0.3) is 0 Å². The molecule has 0 radical (unpaired) electrons. The summed E-state index contributed by atoms with van der Waals surface area (Å²) in [6.07, 6.45) is 0. The molecule has 0 spiro atoms. The number of aromatic nitrogens is 2. The van der Waals surface area contributed by atoms with E-state index in [1.54, 1.807) is 0 Å². The van der Waals surface area contributed by atoms with Crippen molar-refractivity contribution >= 4 is 39.2 Å². The topological polar surface area (TPSA) is 47.4 Å². The number of carbonyl (C=O) groups is 1. The predicted octanol–water partition coefficient (Wildman–Crippen LogP) is 5.33. The van der Waals surface area contributed by atoms with Gasteiger partial charge < -0.3 is 9.64 Å². The molecule has 0 saturated heterocycles. The predicted molar refractivity (Wildman–Crippen MR) is 122 cm³/mol. The Morgan fingerprint density at radius 3 is 2.50 bits per heavy atom. The monoisotopic (exact) mass is 421 g/mol. The maximum Gasteiger partial charge on any atom is 0.359 e. The summed E-state index contributed by atoms with van der Waals surface area (Å²) in [7, 11) is 0. The van der Waals surface area contributed by atoms with E-state index in [0.717, 1.165) is 40.5 Å². The Morgan fingerprint density at radius 2 is 1.77 bits per heavy atom. The fourth-order valence-corrected chi connectivity index (χ4v) is 3.87. The molecule has 0 unspecified atom stereocenters. The van der Waals surface area contributed by atoms with Crippen molar-refractivity contribution in [3.05, 3.63) is 71.4 Å². The molecule has 5 nitrogen and oxygen atoms in total. The van der Waals surface area contributed by atoms with E-state index in [9.17, 15) is 4.79 Å². The molecular formula is C24H24ClN3O2. The van der Waals surface area contributed by atoms with Gasteiger partial charge in [-0.25, -0.2) is 9.48 Å². The molecule has 4 rings (SSSR count). The number of hydrogen-bond acceptors (Lipinski definition) is 4. The minimum Gasteiger partial charge on any atom is -0.460 e. The van der Waals surface area contributed by atoms with E-state index in [2.05, 4.69) is 23.8 Å². The second-order valence-electron chi connectivity index (χ2n) is 7.09. The molecule has 0 amide bonds. The van der Waals surface area contributed by atoms with Gasteiger partial charge in [-0.2, -0.15) is 5.10 Å². The molecule has 0 N–H and O–H groups in total. The van der Waals surface area contributed by atoms with Crippen LogP contribution in [0.3, 0.4) is 0 Å². The number of para-hydroxylation sites is 1. The minimum absolute atomic E-state index is 0.324. The van der Waals surface area contributed by atoms with Gasteiger partial charge in [0.15, 0.2) is 5.69 Å². The van der Waals surface area contributed by atoms with Crippen LogP contribution in [-0.4, -0.2) is 46.9 Å². The van der Waals surface area contributed by atoms with Crippen LogP contribution in [0.15, 0.2) is 60.7 Å². The molecule has 0 aliphatic heterocycles. The van der Waals surface area contributed by atoms with Crippen molar-refractivity contribution in [1.29, 1.82) is 0 Å². The van der Waals surface area contributed by atoms with Crippen LogP contribution in [0.5, 0.6) is 0 Å². The highest BCUT2D eigenvalue weighted by Crippen LogP contribution is 2.31. The van der Waals surface area contributed by atoms with Crippen LogP contribution in [0, 0.1) is 0 Å². The van der Waals surface area contributed by atoms with E-state index in [1.807, 2.05) is 65.3 Å². The van der Waals surface area contributed by atoms with Crippen LogP contribution in [0.25, 0.3) is 27.4 Å². The van der Waals surface area contributed by atoms with Gasteiger partial charge in [-0.3, -0.25) is 0 Å². The third-order valence-corrected chi connectivity index (χ3v) is 5.58. The van der Waals surface area contributed by atoms with Gasteiger partial charge in [0.1, 0.15) is 6.61 Å². The Bertz CT molecular complexity index is 1180. The second-order valence-corrected chi connectivity index (χ2v) is 7.52. The normalized spacial score (nSPS) is 11.5. The standard InChI is InChI=1S/C24H24ClN3O2/c1-3-27(4-2)14-15-30-24(29)22-21-12-10-17-16-18(25)11-13-20(17)23(21)28(26-22)19-8-6-5-7-9-19/h5-13,16H,3-4,14-15H2,1-2H3. The smallest absolute Gasteiger partial charge is 0.359 e. The number of likely N-dealkylation sites (N-methyl/N-ethyl adjacent to an activating group) is 1. The van der Waals surface area contributed by atoms with E-state index in [4.69, 9.17) is 16.3 Å². The lowest BCUT2D eigenvalue weighted by Gasteiger charge is -2.17. The van der Waals surface area contributed by atoms with Crippen molar-refractivity contribution < 1.29 is 9.53 Å². The minimum atomic E-state index is -0.407. The van der Waals surface area contributed by atoms with E-state index in [0.29, 0.717) is 23.9 Å². The lowest BCUT2D eigenvalue weighted by Crippen LogP contribution is -2.28. The summed E-state index contributed by atoms with van der Waals surface area (Å²) in [4.78, 5) is 15.1. The van der Waals surface area contributed by atoms with Crippen molar-refractivity contribution in [2.45, 2.75) is 13.8 Å². The van der Waals surface area contributed by atoms with Crippen LogP contribution in [0.2, 0.25) is 5.02 Å². The van der Waals surface area contributed by atoms with E-state index >= 15 is 0 Å². The Morgan fingerprint density at radius 1 is 1.03 bits per heavy atom. The van der Waals surface area contributed by atoms with Gasteiger partial charge >= 0.3 is 5.97 Å². The van der Waals surface area contributed by atoms with E-state index < -0.39 is 5.97 Å². The largest absolute Gasteiger partial charge is 0.460 e. The number of halogens is 1. The fourth-order valence-electron chi connectivity index (χ4n) is 3.69. The number of benzene rings is 3. The summed E-state index contributed by atoms with van der Waals surface area (Å²) in [5.41, 5.74) is 2.07. The van der Waals surface area contributed by atoms with Crippen LogP contribution >= 0.6 is 11.6 Å².